The van der Waals surface area contributed by atoms with E-state index in [1.54, 1.807) is 11.8 Å². The smallest absolute Gasteiger partial charge is 0.398 e. The largest absolute Gasteiger partial charge is 0.416 e. The number of alkyl halides is 3. The average molecular weight is 495 g/mol. The maximum Gasteiger partial charge on any atom is 0.416 e. The molecule has 0 bridgehead atoms. The highest BCUT2D eigenvalue weighted by Crippen LogP contribution is 2.31. The van der Waals surface area contributed by atoms with E-state index >= 15 is 0 Å². The topological polar surface area (TPSA) is 96.2 Å². The Balaban J connectivity index is 1.53. The third-order valence-corrected chi connectivity index (χ3v) is 6.69. The van der Waals surface area contributed by atoms with Crippen LogP contribution in [0.15, 0.2) is 47.4 Å². The lowest BCUT2D eigenvalue weighted by molar-refractivity contribution is -0.137. The number of benzene rings is 2. The van der Waals surface area contributed by atoms with Crippen molar-refractivity contribution in [2.75, 3.05) is 30.4 Å². The molecule has 2 aromatic rings. The molecule has 2 atom stereocenters. The Labute approximate surface area is 201 Å². The molecule has 0 aromatic heterocycles. The molecule has 3 rings (SSSR count). The lowest BCUT2D eigenvalue weighted by atomic mass is 9.84. The van der Waals surface area contributed by atoms with Gasteiger partial charge in [0, 0.05) is 28.9 Å². The molecule has 1 fully saturated rings. The van der Waals surface area contributed by atoms with Gasteiger partial charge in [0.25, 0.3) is 5.91 Å². The number of amides is 2. The first-order valence-corrected chi connectivity index (χ1v) is 12.3. The van der Waals surface area contributed by atoms with Crippen molar-refractivity contribution in [1.29, 1.82) is 0 Å². The number of anilines is 2. The molecule has 0 heterocycles. The van der Waals surface area contributed by atoms with Crippen molar-refractivity contribution in [3.05, 3.63) is 53.6 Å². The summed E-state index contributed by atoms with van der Waals surface area (Å²) >= 11 is 1.68. The van der Waals surface area contributed by atoms with Gasteiger partial charge in [-0.1, -0.05) is 12.8 Å². The van der Waals surface area contributed by atoms with E-state index in [1.807, 2.05) is 30.5 Å². The van der Waals surface area contributed by atoms with E-state index < -0.39 is 17.6 Å². The van der Waals surface area contributed by atoms with Crippen molar-refractivity contribution in [1.82, 2.24) is 10.6 Å². The monoisotopic (exact) mass is 494 g/mol. The van der Waals surface area contributed by atoms with Gasteiger partial charge in [-0.25, -0.2) is 0 Å². The third kappa shape index (κ3) is 7.06. The van der Waals surface area contributed by atoms with Crippen LogP contribution in [0.3, 0.4) is 0 Å². The minimum absolute atomic E-state index is 0.0465. The number of nitrogens with one attached hydrogen (secondary N) is 3. The first kappa shape index (κ1) is 25.7. The van der Waals surface area contributed by atoms with Crippen LogP contribution in [0, 0.1) is 5.92 Å². The van der Waals surface area contributed by atoms with Crippen molar-refractivity contribution in [2.24, 2.45) is 5.92 Å². The van der Waals surface area contributed by atoms with Gasteiger partial charge < -0.3 is 21.7 Å². The predicted molar refractivity (Wildman–Crippen MR) is 129 cm³/mol. The summed E-state index contributed by atoms with van der Waals surface area (Å²) in [7, 11) is 0. The molecular weight excluding hydrogens is 465 g/mol. The Morgan fingerprint density at radius 1 is 1.09 bits per heavy atom. The first-order chi connectivity index (χ1) is 16.2. The minimum Gasteiger partial charge on any atom is -0.398 e. The molecule has 5 N–H and O–H groups in total. The highest BCUT2D eigenvalue weighted by Gasteiger charge is 2.32. The van der Waals surface area contributed by atoms with Gasteiger partial charge in [-0.3, -0.25) is 9.59 Å². The first-order valence-electron chi connectivity index (χ1n) is 11.1. The summed E-state index contributed by atoms with van der Waals surface area (Å²) in [5.74, 6) is -0.984. The van der Waals surface area contributed by atoms with Gasteiger partial charge in [0.05, 0.1) is 17.7 Å². The predicted octanol–water partition coefficient (Wildman–Crippen LogP) is 4.53. The minimum atomic E-state index is -4.60. The Hall–Kier alpha value is -2.88. The molecule has 0 aliphatic heterocycles. The van der Waals surface area contributed by atoms with E-state index in [2.05, 4.69) is 16.0 Å². The molecule has 184 valence electrons. The van der Waals surface area contributed by atoms with Crippen LogP contribution in [0.4, 0.5) is 24.5 Å². The highest BCUT2D eigenvalue weighted by atomic mass is 32.2. The van der Waals surface area contributed by atoms with Crippen molar-refractivity contribution < 1.29 is 22.8 Å². The number of nitrogens with two attached hydrogens (primary N) is 1. The number of hydrogen-bond acceptors (Lipinski definition) is 5. The highest BCUT2D eigenvalue weighted by molar-refractivity contribution is 7.98. The molecule has 0 radical (unpaired) electrons. The fraction of sp³-hybridized carbons (Fsp3) is 0.417. The molecular formula is C24H29F3N4O2S. The van der Waals surface area contributed by atoms with E-state index in [9.17, 15) is 22.8 Å². The molecule has 10 heteroatoms. The molecule has 34 heavy (non-hydrogen) atoms. The van der Waals surface area contributed by atoms with E-state index in [0.717, 1.165) is 43.5 Å². The van der Waals surface area contributed by atoms with Gasteiger partial charge in [0.1, 0.15) is 0 Å². The van der Waals surface area contributed by atoms with Crippen molar-refractivity contribution in [3.63, 3.8) is 0 Å². The number of thioether (sulfide) groups is 1. The Morgan fingerprint density at radius 2 is 1.79 bits per heavy atom. The van der Waals surface area contributed by atoms with Crippen LogP contribution in [0.2, 0.25) is 0 Å². The molecule has 1 aliphatic rings. The zero-order chi connectivity index (χ0) is 24.7. The lowest BCUT2D eigenvalue weighted by Crippen LogP contribution is -2.47. The summed E-state index contributed by atoms with van der Waals surface area (Å²) in [6, 6.07) is 10.6. The van der Waals surface area contributed by atoms with Crippen molar-refractivity contribution in [3.8, 4) is 0 Å². The fourth-order valence-electron chi connectivity index (χ4n) is 4.04. The van der Waals surface area contributed by atoms with Crippen molar-refractivity contribution in [2.45, 2.75) is 42.8 Å². The fourth-order valence-corrected chi connectivity index (χ4v) is 4.45. The number of rotatable bonds is 8. The lowest BCUT2D eigenvalue weighted by Gasteiger charge is -2.32. The summed E-state index contributed by atoms with van der Waals surface area (Å²) in [4.78, 5) is 26.0. The van der Waals surface area contributed by atoms with Crippen LogP contribution in [0.25, 0.3) is 0 Å². The van der Waals surface area contributed by atoms with Crippen LogP contribution in [-0.4, -0.2) is 37.2 Å². The Kier molecular flexibility index (Phi) is 8.71. The van der Waals surface area contributed by atoms with E-state index in [-0.39, 0.29) is 35.7 Å². The maximum atomic E-state index is 12.9. The summed E-state index contributed by atoms with van der Waals surface area (Å²) in [6.45, 7) is 0.359. The third-order valence-electron chi connectivity index (χ3n) is 5.95. The maximum absolute atomic E-state index is 12.9. The molecule has 6 nitrogen and oxygen atoms in total. The molecule has 2 unspecified atom stereocenters. The van der Waals surface area contributed by atoms with Gasteiger partial charge in [-0.05, 0) is 67.5 Å². The van der Waals surface area contributed by atoms with Gasteiger partial charge >= 0.3 is 6.18 Å². The van der Waals surface area contributed by atoms with Crippen molar-refractivity contribution >= 4 is 35.0 Å². The van der Waals surface area contributed by atoms with Gasteiger partial charge in [0.2, 0.25) is 5.91 Å². The van der Waals surface area contributed by atoms with E-state index in [1.165, 1.54) is 4.90 Å². The Morgan fingerprint density at radius 3 is 2.47 bits per heavy atom. The summed E-state index contributed by atoms with van der Waals surface area (Å²) in [5.41, 5.74) is 5.31. The van der Waals surface area contributed by atoms with E-state index in [4.69, 9.17) is 5.73 Å². The zero-order valence-corrected chi connectivity index (χ0v) is 19.7. The van der Waals surface area contributed by atoms with Gasteiger partial charge in [0.15, 0.2) is 0 Å². The SMILES string of the molecule is CSc1ccc(NCC2CCCCC2NC(=O)CNC(=O)c2cc(C(F)(F)F)ccc2N)cc1. The number of nitrogen functional groups attached to an aromatic ring is 1. The van der Waals surface area contributed by atoms with Crippen LogP contribution in [-0.2, 0) is 11.0 Å². The molecule has 2 aromatic carbocycles. The molecule has 1 saturated carbocycles. The summed E-state index contributed by atoms with van der Waals surface area (Å²) in [5, 5.41) is 8.78. The van der Waals surface area contributed by atoms with Crippen LogP contribution in [0.1, 0.15) is 41.6 Å². The number of halogens is 3. The molecule has 0 saturated heterocycles. The second kappa shape index (κ2) is 11.5. The summed E-state index contributed by atoms with van der Waals surface area (Å²) < 4.78 is 38.8. The summed E-state index contributed by atoms with van der Waals surface area (Å²) in [6.07, 6.45) is 1.30. The van der Waals surface area contributed by atoms with Crippen LogP contribution < -0.4 is 21.7 Å². The second-order valence-electron chi connectivity index (χ2n) is 8.31. The number of carbonyl (C=O) groups excluding carboxylic acids is 2. The van der Waals surface area contributed by atoms with Gasteiger partial charge in [-0.2, -0.15) is 13.2 Å². The normalized spacial score (nSPS) is 18.2. The molecule has 0 spiro atoms. The van der Waals surface area contributed by atoms with Gasteiger partial charge in [-0.15, -0.1) is 11.8 Å². The number of hydrogen-bond donors (Lipinski definition) is 4. The van der Waals surface area contributed by atoms with Crippen LogP contribution >= 0.6 is 11.8 Å². The average Bonchev–Trinajstić information content (AvgIpc) is 2.82. The standard InChI is InChI=1S/C24H29F3N4O2S/c1-34-18-9-7-17(8-10-18)29-13-15-4-2-3-5-21(15)31-22(32)14-30-23(33)19-12-16(24(25,26)27)6-11-20(19)28/h6-12,15,21,29H,2-5,13-14,28H2,1H3,(H,30,33)(H,31,32). The number of carbonyl (C=O) groups is 2. The second-order valence-corrected chi connectivity index (χ2v) is 9.19. The molecule has 2 amide bonds. The van der Waals surface area contributed by atoms with E-state index in [0.29, 0.717) is 12.6 Å². The quantitative estimate of drug-likeness (QED) is 0.320. The Bertz CT molecular complexity index is 999. The van der Waals surface area contributed by atoms with Crippen LogP contribution in [0.5, 0.6) is 0 Å². The molecule has 1 aliphatic carbocycles. The zero-order valence-electron chi connectivity index (χ0n) is 18.9.